The van der Waals surface area contributed by atoms with Crippen LogP contribution in [0, 0.1) is 31.9 Å². The lowest BCUT2D eigenvalue weighted by Gasteiger charge is -2.07. The zero-order valence-electron chi connectivity index (χ0n) is 10.2. The van der Waals surface area contributed by atoms with Gasteiger partial charge >= 0.3 is 11.4 Å². The van der Waals surface area contributed by atoms with Gasteiger partial charge in [-0.3, -0.25) is 20.2 Å². The van der Waals surface area contributed by atoms with Gasteiger partial charge in [0.15, 0.2) is 0 Å². The van der Waals surface area contributed by atoms with E-state index < -0.39 is 44.4 Å². The zero-order chi connectivity index (χ0) is 15.6. The Hall–Kier alpha value is -3.10. The second kappa shape index (κ2) is 5.49. The molecule has 0 atom stereocenters. The minimum atomic E-state index is -0.847. The van der Waals surface area contributed by atoms with E-state index >= 15 is 0 Å². The molecule has 0 radical (unpaired) electrons. The predicted octanol–water partition coefficient (Wildman–Crippen LogP) is 3.57. The molecular weight excluding hydrogens is 290 g/mol. The van der Waals surface area contributed by atoms with Crippen LogP contribution in [0.4, 0.5) is 20.2 Å². The first-order chi connectivity index (χ1) is 9.88. The minimum absolute atomic E-state index is 0.561. The fraction of sp³-hybridized carbons (Fsp3) is 0. The summed E-state index contributed by atoms with van der Waals surface area (Å²) in [6.45, 7) is 0. The van der Waals surface area contributed by atoms with Gasteiger partial charge in [0.05, 0.1) is 9.85 Å². The van der Waals surface area contributed by atoms with E-state index in [2.05, 4.69) is 0 Å². The highest BCUT2D eigenvalue weighted by molar-refractivity contribution is 5.53. The van der Waals surface area contributed by atoms with E-state index in [-0.39, 0.29) is 0 Å². The maximum Gasteiger partial charge on any atom is 0.311 e. The molecule has 0 saturated carbocycles. The molecule has 0 unspecified atom stereocenters. The van der Waals surface area contributed by atoms with Gasteiger partial charge in [-0.05, 0) is 12.1 Å². The van der Waals surface area contributed by atoms with Crippen molar-refractivity contribution >= 4 is 11.4 Å². The number of ether oxygens (including phenoxy) is 1. The third-order valence-corrected chi connectivity index (χ3v) is 2.46. The summed E-state index contributed by atoms with van der Waals surface area (Å²) in [5.74, 6) is -2.80. The van der Waals surface area contributed by atoms with Crippen LogP contribution >= 0.6 is 0 Å². The van der Waals surface area contributed by atoms with Crippen molar-refractivity contribution < 1.29 is 23.4 Å². The van der Waals surface area contributed by atoms with Crippen LogP contribution in [-0.4, -0.2) is 9.85 Å². The van der Waals surface area contributed by atoms with E-state index in [9.17, 15) is 29.0 Å². The normalized spacial score (nSPS) is 10.2. The molecule has 0 amide bonds. The molecule has 0 saturated heterocycles. The molecule has 21 heavy (non-hydrogen) atoms. The highest BCUT2D eigenvalue weighted by Gasteiger charge is 2.22. The lowest BCUT2D eigenvalue weighted by Crippen LogP contribution is -1.97. The summed E-state index contributed by atoms with van der Waals surface area (Å²) >= 11 is 0. The molecule has 0 N–H and O–H groups in total. The van der Waals surface area contributed by atoms with E-state index in [0.29, 0.717) is 12.1 Å². The molecule has 0 heterocycles. The SMILES string of the molecule is O=[N+]([O-])c1ccc(F)cc1Oc1cc(F)ccc1[N+](=O)[O-]. The second-order valence-electron chi connectivity index (χ2n) is 3.84. The van der Waals surface area contributed by atoms with Gasteiger partial charge in [-0.2, -0.15) is 0 Å². The van der Waals surface area contributed by atoms with Crippen molar-refractivity contribution in [3.8, 4) is 11.5 Å². The number of nitro benzene ring substituents is 2. The van der Waals surface area contributed by atoms with Gasteiger partial charge in [0.25, 0.3) is 0 Å². The van der Waals surface area contributed by atoms with Crippen LogP contribution in [-0.2, 0) is 0 Å². The first-order valence-electron chi connectivity index (χ1n) is 5.44. The van der Waals surface area contributed by atoms with Crippen molar-refractivity contribution in [1.29, 1.82) is 0 Å². The Morgan fingerprint density at radius 2 is 1.19 bits per heavy atom. The number of rotatable bonds is 4. The Bertz CT molecular complexity index is 674. The van der Waals surface area contributed by atoms with Gasteiger partial charge in [-0.15, -0.1) is 0 Å². The molecule has 0 bridgehead atoms. The van der Waals surface area contributed by atoms with E-state index in [1.54, 1.807) is 0 Å². The second-order valence-corrected chi connectivity index (χ2v) is 3.84. The summed E-state index contributed by atoms with van der Waals surface area (Å²) in [4.78, 5) is 19.9. The van der Waals surface area contributed by atoms with Crippen molar-refractivity contribution in [2.75, 3.05) is 0 Å². The number of hydrogen-bond donors (Lipinski definition) is 0. The van der Waals surface area contributed by atoms with Crippen LogP contribution in [0.5, 0.6) is 11.5 Å². The van der Waals surface area contributed by atoms with E-state index in [1.165, 1.54) is 0 Å². The topological polar surface area (TPSA) is 95.5 Å². The summed E-state index contributed by atoms with van der Waals surface area (Å²) in [5, 5.41) is 21.6. The standard InChI is InChI=1S/C12H6F2N2O5/c13-7-1-3-9(15(17)18)11(5-7)21-12-6-8(14)2-4-10(12)16(19)20/h1-6H. The van der Waals surface area contributed by atoms with Crippen molar-refractivity contribution in [3.63, 3.8) is 0 Å². The summed E-state index contributed by atoms with van der Waals surface area (Å²) < 4.78 is 31.2. The number of nitro groups is 2. The smallest absolute Gasteiger partial charge is 0.311 e. The molecule has 2 aromatic carbocycles. The maximum absolute atomic E-state index is 13.1. The molecular formula is C12H6F2N2O5. The van der Waals surface area contributed by atoms with Crippen LogP contribution in [0.2, 0.25) is 0 Å². The minimum Gasteiger partial charge on any atom is -0.443 e. The lowest BCUT2D eigenvalue weighted by molar-refractivity contribution is -0.387. The summed E-state index contributed by atoms with van der Waals surface area (Å²) in [7, 11) is 0. The molecule has 0 aromatic heterocycles. The summed E-state index contributed by atoms with van der Waals surface area (Å²) in [5.41, 5.74) is -1.20. The van der Waals surface area contributed by atoms with Gasteiger partial charge in [0.1, 0.15) is 11.6 Å². The van der Waals surface area contributed by atoms with E-state index in [1.807, 2.05) is 0 Å². The molecule has 9 heteroatoms. The number of benzene rings is 2. The fourth-order valence-corrected chi connectivity index (χ4v) is 1.56. The Labute approximate surface area is 115 Å². The third kappa shape index (κ3) is 3.08. The molecule has 0 spiro atoms. The quantitative estimate of drug-likeness (QED) is 0.634. The van der Waals surface area contributed by atoms with Crippen molar-refractivity contribution in [2.24, 2.45) is 0 Å². The van der Waals surface area contributed by atoms with Gasteiger partial charge < -0.3 is 4.74 Å². The maximum atomic E-state index is 13.1. The monoisotopic (exact) mass is 296 g/mol. The molecule has 2 rings (SSSR count). The highest BCUT2D eigenvalue weighted by atomic mass is 19.1. The average Bonchev–Trinajstić information content (AvgIpc) is 2.38. The van der Waals surface area contributed by atoms with Gasteiger partial charge in [-0.1, -0.05) is 0 Å². The van der Waals surface area contributed by atoms with Crippen LogP contribution in [0.25, 0.3) is 0 Å². The summed E-state index contributed by atoms with van der Waals surface area (Å²) in [6, 6.07) is 4.74. The highest BCUT2D eigenvalue weighted by Crippen LogP contribution is 2.36. The Kier molecular flexibility index (Phi) is 3.74. The van der Waals surface area contributed by atoms with Crippen LogP contribution in [0.3, 0.4) is 0 Å². The average molecular weight is 296 g/mol. The number of hydrogen-bond acceptors (Lipinski definition) is 5. The molecule has 0 aliphatic carbocycles. The molecule has 108 valence electrons. The number of nitrogens with zero attached hydrogens (tertiary/aromatic N) is 2. The fourth-order valence-electron chi connectivity index (χ4n) is 1.56. The molecule has 0 aliphatic heterocycles. The van der Waals surface area contributed by atoms with E-state index in [4.69, 9.17) is 4.74 Å². The van der Waals surface area contributed by atoms with Crippen LogP contribution in [0.15, 0.2) is 36.4 Å². The third-order valence-electron chi connectivity index (χ3n) is 2.46. The first kappa shape index (κ1) is 14.3. The Balaban J connectivity index is 2.52. The van der Waals surface area contributed by atoms with Crippen LogP contribution in [0.1, 0.15) is 0 Å². The van der Waals surface area contributed by atoms with Crippen molar-refractivity contribution in [3.05, 3.63) is 68.3 Å². The van der Waals surface area contributed by atoms with Crippen LogP contribution < -0.4 is 4.74 Å². The first-order valence-corrected chi connectivity index (χ1v) is 5.44. The Morgan fingerprint density at radius 3 is 1.52 bits per heavy atom. The van der Waals surface area contributed by atoms with E-state index in [0.717, 1.165) is 24.3 Å². The predicted molar refractivity (Wildman–Crippen MR) is 66.2 cm³/mol. The largest absolute Gasteiger partial charge is 0.443 e. The molecule has 0 aliphatic rings. The van der Waals surface area contributed by atoms with Crippen molar-refractivity contribution in [2.45, 2.75) is 0 Å². The Morgan fingerprint density at radius 1 is 0.810 bits per heavy atom. The summed E-state index contributed by atoms with van der Waals surface area (Å²) in [6.07, 6.45) is 0. The lowest BCUT2D eigenvalue weighted by atomic mass is 10.2. The molecule has 7 nitrogen and oxygen atoms in total. The van der Waals surface area contributed by atoms with Crippen molar-refractivity contribution in [1.82, 2.24) is 0 Å². The van der Waals surface area contributed by atoms with Gasteiger partial charge in [0.2, 0.25) is 11.5 Å². The number of halogens is 2. The van der Waals surface area contributed by atoms with Gasteiger partial charge in [-0.25, -0.2) is 8.78 Å². The zero-order valence-corrected chi connectivity index (χ0v) is 10.2. The molecule has 2 aromatic rings. The molecule has 0 fully saturated rings. The van der Waals surface area contributed by atoms with Gasteiger partial charge in [0, 0.05) is 24.3 Å².